The first-order valence-electron chi connectivity index (χ1n) is 6.50. The second-order valence-electron chi connectivity index (χ2n) is 5.48. The van der Waals surface area contributed by atoms with Gasteiger partial charge in [0.15, 0.2) is 0 Å². The van der Waals surface area contributed by atoms with Gasteiger partial charge in [0.25, 0.3) is 0 Å². The molecule has 0 heterocycles. The molecule has 0 saturated heterocycles. The van der Waals surface area contributed by atoms with Gasteiger partial charge in [-0.25, -0.2) is 0 Å². The van der Waals surface area contributed by atoms with Crippen molar-refractivity contribution in [3.05, 3.63) is 28.8 Å². The lowest BCUT2D eigenvalue weighted by atomic mass is 9.89. The first-order chi connectivity index (χ1) is 8.98. The molecule has 0 spiro atoms. The van der Waals surface area contributed by atoms with Crippen LogP contribution in [-0.2, 0) is 11.3 Å². The highest BCUT2D eigenvalue weighted by molar-refractivity contribution is 6.32. The molecule has 0 unspecified atom stereocenters. The van der Waals surface area contributed by atoms with Gasteiger partial charge in [0.1, 0.15) is 5.75 Å². The number of hydrogen-bond donors (Lipinski definition) is 1. The predicted octanol–water partition coefficient (Wildman–Crippen LogP) is 3.50. The van der Waals surface area contributed by atoms with Gasteiger partial charge in [-0.1, -0.05) is 31.5 Å². The second kappa shape index (κ2) is 7.73. The molecule has 1 N–H and O–H groups in total. The van der Waals surface area contributed by atoms with Crippen molar-refractivity contribution < 1.29 is 9.47 Å². The van der Waals surface area contributed by atoms with E-state index < -0.39 is 0 Å². The fourth-order valence-electron chi connectivity index (χ4n) is 1.83. The van der Waals surface area contributed by atoms with E-state index in [1.807, 2.05) is 18.2 Å². The number of hydrogen-bond acceptors (Lipinski definition) is 3. The molecule has 108 valence electrons. The lowest BCUT2D eigenvalue weighted by molar-refractivity contribution is 0.150. The molecule has 1 aromatic carbocycles. The summed E-state index contributed by atoms with van der Waals surface area (Å²) in [4.78, 5) is 0. The molecule has 1 aromatic rings. The summed E-state index contributed by atoms with van der Waals surface area (Å²) in [6, 6.07) is 5.87. The average molecular weight is 286 g/mol. The minimum atomic E-state index is 0.228. The van der Waals surface area contributed by atoms with Crippen LogP contribution in [0, 0.1) is 5.41 Å². The summed E-state index contributed by atoms with van der Waals surface area (Å²) in [7, 11) is 3.36. The van der Waals surface area contributed by atoms with Crippen LogP contribution >= 0.6 is 11.6 Å². The Hall–Kier alpha value is -0.770. The molecule has 4 heteroatoms. The van der Waals surface area contributed by atoms with Crippen molar-refractivity contribution in [1.29, 1.82) is 0 Å². The molecule has 0 atom stereocenters. The Morgan fingerprint density at radius 3 is 2.58 bits per heavy atom. The first-order valence-corrected chi connectivity index (χ1v) is 6.88. The van der Waals surface area contributed by atoms with E-state index in [-0.39, 0.29) is 5.41 Å². The van der Waals surface area contributed by atoms with Crippen LogP contribution in [0.15, 0.2) is 18.2 Å². The van der Waals surface area contributed by atoms with Crippen molar-refractivity contribution in [2.24, 2.45) is 5.41 Å². The topological polar surface area (TPSA) is 30.5 Å². The third kappa shape index (κ3) is 5.81. The normalized spacial score (nSPS) is 11.6. The number of ether oxygens (including phenoxy) is 2. The van der Waals surface area contributed by atoms with E-state index in [0.29, 0.717) is 10.8 Å². The smallest absolute Gasteiger partial charge is 0.137 e. The molecule has 0 aliphatic carbocycles. The maximum Gasteiger partial charge on any atom is 0.137 e. The van der Waals surface area contributed by atoms with Crippen LogP contribution in [0.2, 0.25) is 5.02 Å². The average Bonchev–Trinajstić information content (AvgIpc) is 2.36. The predicted molar refractivity (Wildman–Crippen MR) is 80.0 cm³/mol. The van der Waals surface area contributed by atoms with E-state index in [0.717, 1.165) is 31.7 Å². The lowest BCUT2D eigenvalue weighted by Crippen LogP contribution is -2.30. The highest BCUT2D eigenvalue weighted by Crippen LogP contribution is 2.25. The molecule has 0 aliphatic heterocycles. The van der Waals surface area contributed by atoms with E-state index in [9.17, 15) is 0 Å². The van der Waals surface area contributed by atoms with Crippen molar-refractivity contribution in [1.82, 2.24) is 5.32 Å². The Bertz CT molecular complexity index is 394. The molecule has 1 rings (SSSR count). The first kappa shape index (κ1) is 16.3. The van der Waals surface area contributed by atoms with Gasteiger partial charge in [-0.05, 0) is 29.5 Å². The Morgan fingerprint density at radius 2 is 2.00 bits per heavy atom. The molecular weight excluding hydrogens is 262 g/mol. The minimum absolute atomic E-state index is 0.228. The van der Waals surface area contributed by atoms with E-state index in [2.05, 4.69) is 19.2 Å². The SMILES string of the molecule is COCCC(C)(C)CNCc1ccc(OC)c(Cl)c1. The van der Waals surface area contributed by atoms with Gasteiger partial charge < -0.3 is 14.8 Å². The lowest BCUT2D eigenvalue weighted by Gasteiger charge is -2.24. The van der Waals surface area contributed by atoms with Crippen LogP contribution in [0.4, 0.5) is 0 Å². The molecule has 0 radical (unpaired) electrons. The fourth-order valence-corrected chi connectivity index (χ4v) is 2.11. The zero-order valence-electron chi connectivity index (χ0n) is 12.3. The van der Waals surface area contributed by atoms with Crippen LogP contribution < -0.4 is 10.1 Å². The molecular formula is C15H24ClNO2. The molecule has 0 bridgehead atoms. The third-order valence-electron chi connectivity index (χ3n) is 3.13. The van der Waals surface area contributed by atoms with Gasteiger partial charge in [0, 0.05) is 26.8 Å². The standard InChI is InChI=1S/C15H24ClNO2/c1-15(2,7-8-18-3)11-17-10-12-5-6-14(19-4)13(16)9-12/h5-6,9,17H,7-8,10-11H2,1-4H3. The summed E-state index contributed by atoms with van der Waals surface area (Å²) in [6.45, 7) is 7.02. The molecule has 0 aromatic heterocycles. The second-order valence-corrected chi connectivity index (χ2v) is 5.89. The van der Waals surface area contributed by atoms with Crippen molar-refractivity contribution >= 4 is 11.6 Å². The molecule has 19 heavy (non-hydrogen) atoms. The Labute approximate surface area is 121 Å². The van der Waals surface area contributed by atoms with Crippen molar-refractivity contribution in [2.45, 2.75) is 26.8 Å². The quantitative estimate of drug-likeness (QED) is 0.793. The Kier molecular flexibility index (Phi) is 6.63. The van der Waals surface area contributed by atoms with Crippen molar-refractivity contribution in [3.8, 4) is 5.75 Å². The van der Waals surface area contributed by atoms with Gasteiger partial charge in [0.2, 0.25) is 0 Å². The van der Waals surface area contributed by atoms with E-state index >= 15 is 0 Å². The Balaban J connectivity index is 2.42. The molecule has 0 fully saturated rings. The minimum Gasteiger partial charge on any atom is -0.495 e. The van der Waals surface area contributed by atoms with Gasteiger partial charge in [-0.2, -0.15) is 0 Å². The fraction of sp³-hybridized carbons (Fsp3) is 0.600. The summed E-state index contributed by atoms with van der Waals surface area (Å²) in [5.41, 5.74) is 1.39. The summed E-state index contributed by atoms with van der Waals surface area (Å²) in [6.07, 6.45) is 1.04. The van der Waals surface area contributed by atoms with Gasteiger partial charge in [-0.3, -0.25) is 0 Å². The van der Waals surface area contributed by atoms with Crippen LogP contribution in [0.5, 0.6) is 5.75 Å². The van der Waals surface area contributed by atoms with Crippen LogP contribution in [0.25, 0.3) is 0 Å². The molecule has 3 nitrogen and oxygen atoms in total. The van der Waals surface area contributed by atoms with Crippen molar-refractivity contribution in [2.75, 3.05) is 27.4 Å². The highest BCUT2D eigenvalue weighted by atomic mass is 35.5. The summed E-state index contributed by atoms with van der Waals surface area (Å²) in [5.74, 6) is 0.714. The van der Waals surface area contributed by atoms with Crippen LogP contribution in [-0.4, -0.2) is 27.4 Å². The monoisotopic (exact) mass is 285 g/mol. The Morgan fingerprint density at radius 1 is 1.26 bits per heavy atom. The number of rotatable bonds is 8. The zero-order chi connectivity index (χ0) is 14.3. The highest BCUT2D eigenvalue weighted by Gasteiger charge is 2.16. The van der Waals surface area contributed by atoms with Crippen LogP contribution in [0.1, 0.15) is 25.8 Å². The largest absolute Gasteiger partial charge is 0.495 e. The maximum atomic E-state index is 6.10. The van der Waals surface area contributed by atoms with Gasteiger partial charge >= 0.3 is 0 Å². The van der Waals surface area contributed by atoms with Gasteiger partial charge in [0.05, 0.1) is 12.1 Å². The van der Waals surface area contributed by atoms with E-state index in [1.54, 1.807) is 14.2 Å². The van der Waals surface area contributed by atoms with E-state index in [1.165, 1.54) is 0 Å². The van der Waals surface area contributed by atoms with E-state index in [4.69, 9.17) is 21.1 Å². The third-order valence-corrected chi connectivity index (χ3v) is 3.43. The number of nitrogens with one attached hydrogen (secondary N) is 1. The number of halogens is 1. The maximum absolute atomic E-state index is 6.10. The molecule has 0 saturated carbocycles. The van der Waals surface area contributed by atoms with Crippen LogP contribution in [0.3, 0.4) is 0 Å². The summed E-state index contributed by atoms with van der Waals surface area (Å²) < 4.78 is 10.3. The molecule has 0 aliphatic rings. The summed E-state index contributed by atoms with van der Waals surface area (Å²) in [5, 5.41) is 4.11. The summed E-state index contributed by atoms with van der Waals surface area (Å²) >= 11 is 6.10. The zero-order valence-corrected chi connectivity index (χ0v) is 13.0. The number of benzene rings is 1. The van der Waals surface area contributed by atoms with Gasteiger partial charge in [-0.15, -0.1) is 0 Å². The molecule has 0 amide bonds. The van der Waals surface area contributed by atoms with Crippen molar-refractivity contribution in [3.63, 3.8) is 0 Å². The number of methoxy groups -OCH3 is 2.